The van der Waals surface area contributed by atoms with Crippen molar-refractivity contribution >= 4 is 39.0 Å². The zero-order valence-electron chi connectivity index (χ0n) is 11.9. The summed E-state index contributed by atoms with van der Waals surface area (Å²) in [6.45, 7) is 3.62. The normalized spacial score (nSPS) is 10.5. The van der Waals surface area contributed by atoms with E-state index in [-0.39, 0.29) is 12.1 Å². The number of carbonyl (C=O) groups excluding carboxylic acids is 1. The van der Waals surface area contributed by atoms with Crippen molar-refractivity contribution in [2.24, 2.45) is 0 Å². The van der Waals surface area contributed by atoms with Crippen molar-refractivity contribution in [1.29, 1.82) is 0 Å². The second kappa shape index (κ2) is 6.63. The second-order valence-corrected chi connectivity index (χ2v) is 5.81. The first-order valence-electron chi connectivity index (χ1n) is 6.59. The standard InChI is InChI=1S/C16H17BrN2O2/c1-10(2)21-16(20)11-6-7-15(14(18)8-11)19-13-5-3-4-12(17)9-13/h3-10,19H,18H2,1-2H3. The van der Waals surface area contributed by atoms with Gasteiger partial charge in [0.1, 0.15) is 0 Å². The molecule has 0 aliphatic rings. The SMILES string of the molecule is CC(C)OC(=O)c1ccc(Nc2cccc(Br)c2)c(N)c1. The average Bonchev–Trinajstić information content (AvgIpc) is 2.40. The molecule has 0 unspecified atom stereocenters. The lowest BCUT2D eigenvalue weighted by Gasteiger charge is -2.12. The van der Waals surface area contributed by atoms with Gasteiger partial charge in [0.2, 0.25) is 0 Å². The average molecular weight is 349 g/mol. The molecule has 0 aliphatic carbocycles. The molecular weight excluding hydrogens is 332 g/mol. The fraction of sp³-hybridized carbons (Fsp3) is 0.188. The predicted molar refractivity (Wildman–Crippen MR) is 88.8 cm³/mol. The van der Waals surface area contributed by atoms with Crippen molar-refractivity contribution in [2.45, 2.75) is 20.0 Å². The minimum absolute atomic E-state index is 0.154. The van der Waals surface area contributed by atoms with Crippen molar-refractivity contribution in [3.05, 3.63) is 52.5 Å². The number of esters is 1. The molecule has 0 atom stereocenters. The van der Waals surface area contributed by atoms with Gasteiger partial charge in [-0.25, -0.2) is 4.79 Å². The number of anilines is 3. The Hall–Kier alpha value is -2.01. The van der Waals surface area contributed by atoms with Crippen LogP contribution >= 0.6 is 15.9 Å². The highest BCUT2D eigenvalue weighted by molar-refractivity contribution is 9.10. The van der Waals surface area contributed by atoms with Crippen LogP contribution < -0.4 is 11.1 Å². The maximum absolute atomic E-state index is 11.8. The van der Waals surface area contributed by atoms with E-state index < -0.39 is 0 Å². The zero-order valence-corrected chi connectivity index (χ0v) is 13.5. The molecule has 0 saturated carbocycles. The first kappa shape index (κ1) is 15.4. The molecule has 5 heteroatoms. The van der Waals surface area contributed by atoms with Gasteiger partial charge < -0.3 is 15.8 Å². The molecule has 0 amide bonds. The Morgan fingerprint density at radius 1 is 1.24 bits per heavy atom. The van der Waals surface area contributed by atoms with Crippen molar-refractivity contribution in [2.75, 3.05) is 11.1 Å². The van der Waals surface area contributed by atoms with Crippen LogP contribution in [-0.4, -0.2) is 12.1 Å². The van der Waals surface area contributed by atoms with Gasteiger partial charge in [-0.05, 0) is 50.2 Å². The zero-order chi connectivity index (χ0) is 15.4. The number of hydrogen-bond acceptors (Lipinski definition) is 4. The van der Waals surface area contributed by atoms with E-state index in [9.17, 15) is 4.79 Å². The van der Waals surface area contributed by atoms with Crippen LogP contribution in [0.2, 0.25) is 0 Å². The Kier molecular flexibility index (Phi) is 4.85. The van der Waals surface area contributed by atoms with E-state index >= 15 is 0 Å². The van der Waals surface area contributed by atoms with Gasteiger partial charge in [0, 0.05) is 10.2 Å². The number of nitrogens with two attached hydrogens (primary N) is 1. The Balaban J connectivity index is 2.18. The molecule has 0 saturated heterocycles. The summed E-state index contributed by atoms with van der Waals surface area (Å²) in [5, 5.41) is 3.21. The number of nitrogens with one attached hydrogen (secondary N) is 1. The number of hydrogen-bond donors (Lipinski definition) is 2. The molecule has 110 valence electrons. The van der Waals surface area contributed by atoms with E-state index in [0.29, 0.717) is 11.3 Å². The molecule has 4 nitrogen and oxygen atoms in total. The monoisotopic (exact) mass is 348 g/mol. The second-order valence-electron chi connectivity index (χ2n) is 4.89. The highest BCUT2D eigenvalue weighted by Crippen LogP contribution is 2.26. The third-order valence-electron chi connectivity index (χ3n) is 2.73. The summed E-state index contributed by atoms with van der Waals surface area (Å²) in [5.74, 6) is -0.370. The molecule has 21 heavy (non-hydrogen) atoms. The van der Waals surface area contributed by atoms with E-state index in [2.05, 4.69) is 21.2 Å². The molecule has 0 fully saturated rings. The topological polar surface area (TPSA) is 64.3 Å². The summed E-state index contributed by atoms with van der Waals surface area (Å²) in [7, 11) is 0. The molecule has 0 heterocycles. The first-order valence-corrected chi connectivity index (χ1v) is 7.38. The van der Waals surface area contributed by atoms with Crippen LogP contribution in [0.15, 0.2) is 46.9 Å². The smallest absolute Gasteiger partial charge is 0.338 e. The summed E-state index contributed by atoms with van der Waals surface area (Å²) >= 11 is 3.42. The van der Waals surface area contributed by atoms with Crippen LogP contribution in [-0.2, 0) is 4.74 Å². The molecular formula is C16H17BrN2O2. The molecule has 0 radical (unpaired) electrons. The summed E-state index contributed by atoms with van der Waals surface area (Å²) in [6, 6.07) is 12.8. The molecule has 2 rings (SSSR count). The van der Waals surface area contributed by atoms with Crippen LogP contribution in [0.5, 0.6) is 0 Å². The summed E-state index contributed by atoms with van der Waals surface area (Å²) in [4.78, 5) is 11.8. The summed E-state index contributed by atoms with van der Waals surface area (Å²) < 4.78 is 6.12. The van der Waals surface area contributed by atoms with Crippen LogP contribution in [0, 0.1) is 0 Å². The third-order valence-corrected chi connectivity index (χ3v) is 3.23. The maximum Gasteiger partial charge on any atom is 0.338 e. The van der Waals surface area contributed by atoms with Crippen LogP contribution in [0.25, 0.3) is 0 Å². The summed E-state index contributed by atoms with van der Waals surface area (Å²) in [5.41, 5.74) is 8.59. The molecule has 2 aromatic rings. The number of halogens is 1. The molecule has 0 bridgehead atoms. The minimum Gasteiger partial charge on any atom is -0.459 e. The quantitative estimate of drug-likeness (QED) is 0.637. The number of ether oxygens (including phenoxy) is 1. The fourth-order valence-electron chi connectivity index (χ4n) is 1.81. The van der Waals surface area contributed by atoms with E-state index in [1.807, 2.05) is 38.1 Å². The van der Waals surface area contributed by atoms with Crippen LogP contribution in [0.4, 0.5) is 17.1 Å². The number of nitrogen functional groups attached to an aromatic ring is 1. The van der Waals surface area contributed by atoms with Crippen molar-refractivity contribution in [3.8, 4) is 0 Å². The van der Waals surface area contributed by atoms with Gasteiger partial charge in [-0.1, -0.05) is 22.0 Å². The lowest BCUT2D eigenvalue weighted by Crippen LogP contribution is -2.12. The van der Waals surface area contributed by atoms with Crippen LogP contribution in [0.1, 0.15) is 24.2 Å². The third kappa shape index (κ3) is 4.23. The van der Waals surface area contributed by atoms with E-state index in [4.69, 9.17) is 10.5 Å². The van der Waals surface area contributed by atoms with Gasteiger partial charge in [0.15, 0.2) is 0 Å². The van der Waals surface area contributed by atoms with E-state index in [1.165, 1.54) is 0 Å². The van der Waals surface area contributed by atoms with Gasteiger partial charge >= 0.3 is 5.97 Å². The molecule has 0 spiro atoms. The molecule has 0 aromatic heterocycles. The maximum atomic E-state index is 11.8. The van der Waals surface area contributed by atoms with Gasteiger partial charge in [-0.15, -0.1) is 0 Å². The molecule has 0 aliphatic heterocycles. The van der Waals surface area contributed by atoms with Gasteiger partial charge in [0.05, 0.1) is 23.0 Å². The van der Waals surface area contributed by atoms with Gasteiger partial charge in [0.25, 0.3) is 0 Å². The lowest BCUT2D eigenvalue weighted by atomic mass is 10.1. The number of benzene rings is 2. The Morgan fingerprint density at radius 3 is 2.62 bits per heavy atom. The van der Waals surface area contributed by atoms with Crippen molar-refractivity contribution in [1.82, 2.24) is 0 Å². The highest BCUT2D eigenvalue weighted by atomic mass is 79.9. The number of carbonyl (C=O) groups is 1. The molecule has 2 aromatic carbocycles. The van der Waals surface area contributed by atoms with Gasteiger partial charge in [-0.3, -0.25) is 0 Å². The largest absolute Gasteiger partial charge is 0.459 e. The van der Waals surface area contributed by atoms with Crippen molar-refractivity contribution < 1.29 is 9.53 Å². The Labute approximate surface area is 132 Å². The number of rotatable bonds is 4. The Bertz CT molecular complexity index is 656. The lowest BCUT2D eigenvalue weighted by molar-refractivity contribution is 0.0378. The first-order chi connectivity index (χ1) is 9.95. The fourth-order valence-corrected chi connectivity index (χ4v) is 2.21. The van der Waals surface area contributed by atoms with E-state index in [0.717, 1.165) is 15.8 Å². The predicted octanol–water partition coefficient (Wildman–Crippen LogP) is 4.34. The van der Waals surface area contributed by atoms with E-state index in [1.54, 1.807) is 18.2 Å². The molecule has 3 N–H and O–H groups in total. The van der Waals surface area contributed by atoms with Gasteiger partial charge in [-0.2, -0.15) is 0 Å². The Morgan fingerprint density at radius 2 is 2.00 bits per heavy atom. The van der Waals surface area contributed by atoms with Crippen molar-refractivity contribution in [3.63, 3.8) is 0 Å². The highest BCUT2D eigenvalue weighted by Gasteiger charge is 2.11. The minimum atomic E-state index is -0.370. The van der Waals surface area contributed by atoms with Crippen LogP contribution in [0.3, 0.4) is 0 Å². The summed E-state index contributed by atoms with van der Waals surface area (Å²) in [6.07, 6.45) is -0.154.